The maximum absolute atomic E-state index is 9.33. The second-order valence-electron chi connectivity index (χ2n) is 4.26. The Bertz CT molecular complexity index is 477. The fraction of sp³-hybridized carbons (Fsp3) is 0.200. The summed E-state index contributed by atoms with van der Waals surface area (Å²) in [4.78, 5) is 0. The fourth-order valence-electron chi connectivity index (χ4n) is 1.72. The molecule has 88 valence electrons. The summed E-state index contributed by atoms with van der Waals surface area (Å²) in [6.07, 6.45) is 0. The molecule has 0 radical (unpaired) electrons. The van der Waals surface area contributed by atoms with E-state index in [4.69, 9.17) is 0 Å². The molecule has 2 heteroatoms. The molecule has 17 heavy (non-hydrogen) atoms. The van der Waals surface area contributed by atoms with Crippen molar-refractivity contribution in [2.24, 2.45) is 0 Å². The minimum absolute atomic E-state index is 0.319. The summed E-state index contributed by atoms with van der Waals surface area (Å²) in [5.74, 6) is 0.319. The predicted octanol–water partition coefficient (Wildman–Crippen LogP) is 2.99. The summed E-state index contributed by atoms with van der Waals surface area (Å²) in [5.41, 5.74) is 3.65. The van der Waals surface area contributed by atoms with Crippen molar-refractivity contribution in [3.63, 3.8) is 0 Å². The molecule has 2 rings (SSSR count). The van der Waals surface area contributed by atoms with E-state index in [1.807, 2.05) is 12.1 Å². The van der Waals surface area contributed by atoms with E-state index in [1.165, 1.54) is 11.1 Å². The van der Waals surface area contributed by atoms with E-state index in [2.05, 4.69) is 36.5 Å². The van der Waals surface area contributed by atoms with Gasteiger partial charge in [0, 0.05) is 13.1 Å². The maximum atomic E-state index is 9.33. The number of hydrogen-bond donors (Lipinski definition) is 2. The Hall–Kier alpha value is -1.80. The Balaban J connectivity index is 1.85. The highest BCUT2D eigenvalue weighted by atomic mass is 16.3. The minimum Gasteiger partial charge on any atom is -0.508 e. The van der Waals surface area contributed by atoms with Crippen LogP contribution in [0.2, 0.25) is 0 Å². The molecule has 0 aromatic heterocycles. The third-order valence-corrected chi connectivity index (χ3v) is 2.69. The molecule has 2 N–H and O–H groups in total. The summed E-state index contributed by atoms with van der Waals surface area (Å²) in [7, 11) is 0. The second kappa shape index (κ2) is 5.51. The van der Waals surface area contributed by atoms with Crippen LogP contribution in [-0.4, -0.2) is 5.11 Å². The average molecular weight is 227 g/mol. The smallest absolute Gasteiger partial charge is 0.115 e. The molecule has 0 fully saturated rings. The molecule has 0 atom stereocenters. The molecule has 0 aliphatic carbocycles. The lowest BCUT2D eigenvalue weighted by atomic mass is 10.1. The molecule has 2 aromatic rings. The van der Waals surface area contributed by atoms with Crippen LogP contribution in [0.3, 0.4) is 0 Å². The van der Waals surface area contributed by atoms with E-state index >= 15 is 0 Å². The van der Waals surface area contributed by atoms with Gasteiger partial charge in [0.05, 0.1) is 0 Å². The van der Waals surface area contributed by atoms with Crippen LogP contribution in [0.1, 0.15) is 16.7 Å². The van der Waals surface area contributed by atoms with Gasteiger partial charge in [-0.15, -0.1) is 0 Å². The van der Waals surface area contributed by atoms with Gasteiger partial charge in [-0.3, -0.25) is 0 Å². The third-order valence-electron chi connectivity index (χ3n) is 2.69. The Morgan fingerprint density at radius 1 is 0.941 bits per heavy atom. The maximum Gasteiger partial charge on any atom is 0.115 e. The van der Waals surface area contributed by atoms with Crippen molar-refractivity contribution in [1.82, 2.24) is 5.32 Å². The van der Waals surface area contributed by atoms with Gasteiger partial charge in [-0.05, 0) is 30.2 Å². The van der Waals surface area contributed by atoms with Crippen molar-refractivity contribution in [2.75, 3.05) is 0 Å². The number of phenolic OH excluding ortho intramolecular Hbond substituents is 1. The Labute approximate surface area is 102 Å². The number of aromatic hydroxyl groups is 1. The monoisotopic (exact) mass is 227 g/mol. The van der Waals surface area contributed by atoms with Gasteiger partial charge >= 0.3 is 0 Å². The number of rotatable bonds is 4. The predicted molar refractivity (Wildman–Crippen MR) is 69.8 cm³/mol. The molecule has 2 nitrogen and oxygen atoms in total. The van der Waals surface area contributed by atoms with E-state index in [9.17, 15) is 5.11 Å². The van der Waals surface area contributed by atoms with Gasteiger partial charge in [0.2, 0.25) is 0 Å². The van der Waals surface area contributed by atoms with E-state index in [0.29, 0.717) is 5.75 Å². The molecule has 0 spiro atoms. The first-order chi connectivity index (χ1) is 8.24. The van der Waals surface area contributed by atoms with Crippen molar-refractivity contribution in [3.8, 4) is 5.75 Å². The number of nitrogens with one attached hydrogen (secondary N) is 1. The van der Waals surface area contributed by atoms with Crippen LogP contribution in [0.15, 0.2) is 48.5 Å². The lowest BCUT2D eigenvalue weighted by Crippen LogP contribution is -2.12. The Kier molecular flexibility index (Phi) is 3.78. The molecule has 0 amide bonds. The summed E-state index contributed by atoms with van der Waals surface area (Å²) in [5, 5.41) is 12.7. The van der Waals surface area contributed by atoms with Crippen LogP contribution in [0.5, 0.6) is 5.75 Å². The highest BCUT2D eigenvalue weighted by molar-refractivity contribution is 5.27. The van der Waals surface area contributed by atoms with E-state index < -0.39 is 0 Å². The lowest BCUT2D eigenvalue weighted by molar-refractivity contribution is 0.474. The van der Waals surface area contributed by atoms with Crippen molar-refractivity contribution in [1.29, 1.82) is 0 Å². The number of aryl methyl sites for hydroxylation is 1. The van der Waals surface area contributed by atoms with E-state index in [0.717, 1.165) is 18.7 Å². The zero-order valence-corrected chi connectivity index (χ0v) is 9.98. The molecular formula is C15H17NO. The molecule has 0 aliphatic heterocycles. The summed E-state index contributed by atoms with van der Waals surface area (Å²) >= 11 is 0. The van der Waals surface area contributed by atoms with Gasteiger partial charge in [-0.25, -0.2) is 0 Å². The van der Waals surface area contributed by atoms with Crippen LogP contribution < -0.4 is 5.32 Å². The van der Waals surface area contributed by atoms with Crippen LogP contribution in [0.25, 0.3) is 0 Å². The van der Waals surface area contributed by atoms with Crippen LogP contribution >= 0.6 is 0 Å². The molecule has 0 saturated carbocycles. The quantitative estimate of drug-likeness (QED) is 0.841. The largest absolute Gasteiger partial charge is 0.508 e. The van der Waals surface area contributed by atoms with Crippen molar-refractivity contribution in [2.45, 2.75) is 20.0 Å². The lowest BCUT2D eigenvalue weighted by Gasteiger charge is -2.06. The van der Waals surface area contributed by atoms with E-state index in [1.54, 1.807) is 12.1 Å². The minimum atomic E-state index is 0.319. The van der Waals surface area contributed by atoms with Crippen LogP contribution in [-0.2, 0) is 13.1 Å². The number of hydrogen-bond acceptors (Lipinski definition) is 2. The van der Waals surface area contributed by atoms with Crippen molar-refractivity contribution < 1.29 is 5.11 Å². The first kappa shape index (κ1) is 11.7. The summed E-state index contributed by atoms with van der Waals surface area (Å²) < 4.78 is 0. The molecule has 0 heterocycles. The summed E-state index contributed by atoms with van der Waals surface area (Å²) in [6.45, 7) is 3.70. The Morgan fingerprint density at radius 3 is 2.35 bits per heavy atom. The normalized spacial score (nSPS) is 10.4. The zero-order valence-electron chi connectivity index (χ0n) is 9.98. The van der Waals surface area contributed by atoms with Gasteiger partial charge in [-0.2, -0.15) is 0 Å². The SMILES string of the molecule is Cc1ccc(CNCc2cccc(O)c2)cc1. The zero-order chi connectivity index (χ0) is 12.1. The van der Waals surface area contributed by atoms with Crippen LogP contribution in [0.4, 0.5) is 0 Å². The molecular weight excluding hydrogens is 210 g/mol. The van der Waals surface area contributed by atoms with Gasteiger partial charge in [0.15, 0.2) is 0 Å². The van der Waals surface area contributed by atoms with Gasteiger partial charge in [-0.1, -0.05) is 42.0 Å². The van der Waals surface area contributed by atoms with Crippen molar-refractivity contribution >= 4 is 0 Å². The molecule has 0 saturated heterocycles. The van der Waals surface area contributed by atoms with Gasteiger partial charge < -0.3 is 10.4 Å². The van der Waals surface area contributed by atoms with E-state index in [-0.39, 0.29) is 0 Å². The number of benzene rings is 2. The standard InChI is InChI=1S/C15H17NO/c1-12-5-7-13(8-6-12)10-16-11-14-3-2-4-15(17)9-14/h2-9,16-17H,10-11H2,1H3. The molecule has 0 aliphatic rings. The molecule has 0 bridgehead atoms. The fourth-order valence-corrected chi connectivity index (χ4v) is 1.72. The molecule has 0 unspecified atom stereocenters. The number of phenols is 1. The highest BCUT2D eigenvalue weighted by Gasteiger charge is 1.95. The first-order valence-corrected chi connectivity index (χ1v) is 5.78. The first-order valence-electron chi connectivity index (χ1n) is 5.78. The second-order valence-corrected chi connectivity index (χ2v) is 4.26. The topological polar surface area (TPSA) is 32.3 Å². The van der Waals surface area contributed by atoms with Gasteiger partial charge in [0.25, 0.3) is 0 Å². The molecule has 2 aromatic carbocycles. The van der Waals surface area contributed by atoms with Crippen LogP contribution in [0, 0.1) is 6.92 Å². The third kappa shape index (κ3) is 3.61. The van der Waals surface area contributed by atoms with Gasteiger partial charge in [0.1, 0.15) is 5.75 Å². The summed E-state index contributed by atoms with van der Waals surface area (Å²) in [6, 6.07) is 15.8. The average Bonchev–Trinajstić information content (AvgIpc) is 2.32. The highest BCUT2D eigenvalue weighted by Crippen LogP contribution is 2.10. The van der Waals surface area contributed by atoms with Crippen molar-refractivity contribution in [3.05, 3.63) is 65.2 Å². The Morgan fingerprint density at radius 2 is 1.65 bits per heavy atom.